The molecular formula is C14H14F3N3O2. The van der Waals surface area contributed by atoms with Gasteiger partial charge >= 0.3 is 0 Å². The van der Waals surface area contributed by atoms with Crippen molar-refractivity contribution >= 4 is 5.91 Å². The van der Waals surface area contributed by atoms with Gasteiger partial charge in [-0.2, -0.15) is 9.49 Å². The first kappa shape index (κ1) is 15.9. The van der Waals surface area contributed by atoms with E-state index in [-0.39, 0.29) is 0 Å². The minimum absolute atomic E-state index is 0.430. The maximum absolute atomic E-state index is 13.8. The molecule has 0 saturated carbocycles. The molecule has 8 heteroatoms. The van der Waals surface area contributed by atoms with Crippen LogP contribution in [0.5, 0.6) is 5.75 Å². The van der Waals surface area contributed by atoms with E-state index in [0.29, 0.717) is 11.6 Å². The first-order valence-electron chi connectivity index (χ1n) is 6.36. The Bertz CT molecular complexity index is 730. The van der Waals surface area contributed by atoms with E-state index in [2.05, 4.69) is 5.10 Å². The Labute approximate surface area is 124 Å². The number of aromatic hydroxyl groups is 1. The van der Waals surface area contributed by atoms with Gasteiger partial charge in [0.05, 0.1) is 17.8 Å². The monoisotopic (exact) mass is 313 g/mol. The lowest BCUT2D eigenvalue weighted by molar-refractivity contribution is 0.0736. The molecule has 118 valence electrons. The number of halogens is 3. The van der Waals surface area contributed by atoms with Gasteiger partial charge in [-0.25, -0.2) is 8.78 Å². The molecule has 1 heterocycles. The van der Waals surface area contributed by atoms with E-state index in [1.54, 1.807) is 20.2 Å². The lowest BCUT2D eigenvalue weighted by Crippen LogP contribution is -2.30. The van der Waals surface area contributed by atoms with E-state index in [1.807, 2.05) is 0 Å². The second-order valence-electron chi connectivity index (χ2n) is 4.92. The van der Waals surface area contributed by atoms with Crippen LogP contribution < -0.4 is 0 Å². The Balaban J connectivity index is 2.35. The van der Waals surface area contributed by atoms with Crippen LogP contribution in [-0.2, 0) is 7.05 Å². The Hall–Kier alpha value is -2.51. The van der Waals surface area contributed by atoms with Crippen LogP contribution >= 0.6 is 0 Å². The van der Waals surface area contributed by atoms with Crippen molar-refractivity contribution in [1.29, 1.82) is 0 Å². The molecule has 0 bridgehead atoms. The second-order valence-corrected chi connectivity index (χ2v) is 4.92. The summed E-state index contributed by atoms with van der Waals surface area (Å²) < 4.78 is 41.7. The van der Waals surface area contributed by atoms with Gasteiger partial charge in [-0.05, 0) is 13.0 Å². The van der Waals surface area contributed by atoms with Gasteiger partial charge in [-0.15, -0.1) is 0 Å². The van der Waals surface area contributed by atoms with Crippen molar-refractivity contribution in [2.45, 2.75) is 13.0 Å². The number of carbonyl (C=O) groups excluding carboxylic acids is 1. The van der Waals surface area contributed by atoms with Gasteiger partial charge in [0, 0.05) is 25.9 Å². The van der Waals surface area contributed by atoms with Crippen LogP contribution in [0.25, 0.3) is 0 Å². The van der Waals surface area contributed by atoms with Gasteiger partial charge < -0.3 is 10.0 Å². The molecule has 1 aromatic carbocycles. The molecule has 2 aromatic rings. The molecule has 5 nitrogen and oxygen atoms in total. The number of nitrogens with zero attached hydrogens (tertiary/aromatic N) is 3. The molecule has 0 aliphatic heterocycles. The van der Waals surface area contributed by atoms with E-state index in [9.17, 15) is 23.1 Å². The van der Waals surface area contributed by atoms with E-state index < -0.39 is 40.7 Å². The molecule has 22 heavy (non-hydrogen) atoms. The zero-order valence-electron chi connectivity index (χ0n) is 12.1. The largest absolute Gasteiger partial charge is 0.503 e. The van der Waals surface area contributed by atoms with Gasteiger partial charge in [0.15, 0.2) is 17.4 Å². The number of amides is 1. The van der Waals surface area contributed by atoms with E-state index in [4.69, 9.17) is 0 Å². The summed E-state index contributed by atoms with van der Waals surface area (Å²) in [7, 11) is 3.09. The molecule has 1 aromatic heterocycles. The molecule has 0 aliphatic rings. The minimum atomic E-state index is -1.72. The van der Waals surface area contributed by atoms with Gasteiger partial charge in [0.25, 0.3) is 5.91 Å². The number of rotatable bonds is 3. The number of hydrogen-bond donors (Lipinski definition) is 1. The predicted molar refractivity (Wildman–Crippen MR) is 71.7 cm³/mol. The SMILES string of the molecule is CC(c1cnn(C)c1)N(C)C(=O)c1cc(F)c(F)c(O)c1F. The normalized spacial score (nSPS) is 12.3. The Morgan fingerprint density at radius 1 is 1.36 bits per heavy atom. The molecule has 1 atom stereocenters. The van der Waals surface area contributed by atoms with Crippen LogP contribution in [0.3, 0.4) is 0 Å². The van der Waals surface area contributed by atoms with Crippen LogP contribution in [0.1, 0.15) is 28.9 Å². The van der Waals surface area contributed by atoms with Gasteiger partial charge in [0.2, 0.25) is 5.82 Å². The highest BCUT2D eigenvalue weighted by Gasteiger charge is 2.27. The third-order valence-electron chi connectivity index (χ3n) is 3.47. The molecule has 0 saturated heterocycles. The Morgan fingerprint density at radius 3 is 2.55 bits per heavy atom. The zero-order chi connectivity index (χ0) is 16.6. The summed E-state index contributed by atoms with van der Waals surface area (Å²) in [6.07, 6.45) is 3.21. The van der Waals surface area contributed by atoms with Crippen molar-refractivity contribution in [3.8, 4) is 5.75 Å². The third kappa shape index (κ3) is 2.63. The molecule has 1 unspecified atom stereocenters. The molecular weight excluding hydrogens is 299 g/mol. The van der Waals surface area contributed by atoms with Gasteiger partial charge in [-0.3, -0.25) is 9.48 Å². The van der Waals surface area contributed by atoms with Gasteiger partial charge in [0.1, 0.15) is 0 Å². The van der Waals surface area contributed by atoms with Crippen LogP contribution in [-0.4, -0.2) is 32.7 Å². The van der Waals surface area contributed by atoms with E-state index in [0.717, 1.165) is 4.90 Å². The van der Waals surface area contributed by atoms with Crippen molar-refractivity contribution < 1.29 is 23.1 Å². The van der Waals surface area contributed by atoms with E-state index in [1.165, 1.54) is 17.9 Å². The summed E-state index contributed by atoms with van der Waals surface area (Å²) in [5, 5.41) is 13.1. The number of carbonyl (C=O) groups is 1. The van der Waals surface area contributed by atoms with Crippen molar-refractivity contribution in [3.05, 3.63) is 47.0 Å². The summed E-state index contributed by atoms with van der Waals surface area (Å²) in [6.45, 7) is 1.67. The third-order valence-corrected chi connectivity index (χ3v) is 3.47. The highest BCUT2D eigenvalue weighted by Crippen LogP contribution is 2.28. The lowest BCUT2D eigenvalue weighted by Gasteiger charge is -2.24. The number of phenolic OH excluding ortho intramolecular Hbond substituents is 1. The van der Waals surface area contributed by atoms with Crippen molar-refractivity contribution in [1.82, 2.24) is 14.7 Å². The second kappa shape index (κ2) is 5.70. The quantitative estimate of drug-likeness (QED) is 0.885. The van der Waals surface area contributed by atoms with Crippen LogP contribution in [0.2, 0.25) is 0 Å². The highest BCUT2D eigenvalue weighted by atomic mass is 19.2. The van der Waals surface area contributed by atoms with Crippen molar-refractivity contribution in [2.24, 2.45) is 7.05 Å². The van der Waals surface area contributed by atoms with E-state index >= 15 is 0 Å². The number of aromatic nitrogens is 2. The summed E-state index contributed by atoms with van der Waals surface area (Å²) >= 11 is 0. The number of phenols is 1. The molecule has 0 fully saturated rings. The summed E-state index contributed by atoms with van der Waals surface area (Å²) in [5.41, 5.74) is -0.0554. The number of benzene rings is 1. The lowest BCUT2D eigenvalue weighted by atomic mass is 10.1. The summed E-state index contributed by atoms with van der Waals surface area (Å²) in [6, 6.07) is -0.0463. The highest BCUT2D eigenvalue weighted by molar-refractivity contribution is 5.95. The maximum Gasteiger partial charge on any atom is 0.257 e. The van der Waals surface area contributed by atoms with Crippen LogP contribution in [0.15, 0.2) is 18.5 Å². The molecule has 1 N–H and O–H groups in total. The molecule has 2 rings (SSSR count). The van der Waals surface area contributed by atoms with Crippen LogP contribution in [0.4, 0.5) is 13.2 Å². The zero-order valence-corrected chi connectivity index (χ0v) is 12.1. The van der Waals surface area contributed by atoms with Gasteiger partial charge in [-0.1, -0.05) is 0 Å². The van der Waals surface area contributed by atoms with Crippen molar-refractivity contribution in [2.75, 3.05) is 7.05 Å². The fourth-order valence-electron chi connectivity index (χ4n) is 1.99. The average Bonchev–Trinajstić information content (AvgIpc) is 2.93. The van der Waals surface area contributed by atoms with Crippen LogP contribution in [0, 0.1) is 17.5 Å². The number of hydrogen-bond acceptors (Lipinski definition) is 3. The fraction of sp³-hybridized carbons (Fsp3) is 0.286. The molecule has 0 radical (unpaired) electrons. The fourth-order valence-corrected chi connectivity index (χ4v) is 1.99. The summed E-state index contributed by atoms with van der Waals surface area (Å²) in [4.78, 5) is 13.4. The molecule has 0 aliphatic carbocycles. The Kier molecular flexibility index (Phi) is 4.11. The molecule has 1 amide bonds. The topological polar surface area (TPSA) is 58.4 Å². The minimum Gasteiger partial charge on any atom is -0.503 e. The maximum atomic E-state index is 13.8. The molecule has 0 spiro atoms. The summed E-state index contributed by atoms with van der Waals surface area (Å²) in [5.74, 6) is -7.11. The first-order chi connectivity index (χ1) is 10.2. The smallest absolute Gasteiger partial charge is 0.257 e. The van der Waals surface area contributed by atoms with Crippen molar-refractivity contribution in [3.63, 3.8) is 0 Å². The average molecular weight is 313 g/mol. The number of aryl methyl sites for hydroxylation is 1. The standard InChI is InChI=1S/C14H14F3N3O2/c1-7(8-5-18-19(2)6-8)20(3)14(22)9-4-10(15)12(17)13(21)11(9)16/h4-7,21H,1-3H3. The Morgan fingerprint density at radius 2 is 2.00 bits per heavy atom. The first-order valence-corrected chi connectivity index (χ1v) is 6.36. The predicted octanol–water partition coefficient (Wildman–Crippen LogP) is 2.38.